The van der Waals surface area contributed by atoms with Crippen molar-refractivity contribution in [1.82, 2.24) is 0 Å². The third kappa shape index (κ3) is 3.60. The molecule has 0 spiro atoms. The lowest BCUT2D eigenvalue weighted by atomic mass is 10.1. The molecule has 2 aromatic rings. The SMILES string of the molecule is CC(N)c1ccc(Sc2ccc(Br)cc2)cc1. The molecule has 0 bridgehead atoms. The van der Waals surface area contributed by atoms with Gasteiger partial charge >= 0.3 is 0 Å². The molecule has 3 heteroatoms. The summed E-state index contributed by atoms with van der Waals surface area (Å²) in [6, 6.07) is 16.8. The molecule has 0 radical (unpaired) electrons. The van der Waals surface area contributed by atoms with Crippen molar-refractivity contribution in [2.75, 3.05) is 0 Å². The molecular weight excluding hydrogens is 294 g/mol. The molecule has 2 N–H and O–H groups in total. The molecule has 1 atom stereocenters. The molecule has 0 aliphatic heterocycles. The van der Waals surface area contributed by atoms with Crippen LogP contribution in [0.15, 0.2) is 62.8 Å². The van der Waals surface area contributed by atoms with E-state index in [2.05, 4.69) is 64.5 Å². The summed E-state index contributed by atoms with van der Waals surface area (Å²) in [6.07, 6.45) is 0. The zero-order valence-electron chi connectivity index (χ0n) is 9.56. The minimum absolute atomic E-state index is 0.0988. The average Bonchev–Trinajstić information content (AvgIpc) is 2.33. The van der Waals surface area contributed by atoms with E-state index in [1.807, 2.05) is 6.92 Å². The van der Waals surface area contributed by atoms with Crippen LogP contribution in [0.5, 0.6) is 0 Å². The van der Waals surface area contributed by atoms with Gasteiger partial charge in [0.25, 0.3) is 0 Å². The Bertz CT molecular complexity index is 477. The van der Waals surface area contributed by atoms with Gasteiger partial charge in [-0.25, -0.2) is 0 Å². The van der Waals surface area contributed by atoms with Crippen LogP contribution in [-0.4, -0.2) is 0 Å². The van der Waals surface area contributed by atoms with Crippen molar-refractivity contribution in [3.8, 4) is 0 Å². The summed E-state index contributed by atoms with van der Waals surface area (Å²) in [6.45, 7) is 2.00. The molecule has 0 aliphatic carbocycles. The van der Waals surface area contributed by atoms with Crippen LogP contribution in [0.4, 0.5) is 0 Å². The first-order valence-corrected chi connectivity index (χ1v) is 7.05. The van der Waals surface area contributed by atoms with Crippen molar-refractivity contribution >= 4 is 27.7 Å². The van der Waals surface area contributed by atoms with E-state index in [-0.39, 0.29) is 6.04 Å². The predicted octanol–water partition coefficient (Wildman–Crippen LogP) is 4.62. The van der Waals surface area contributed by atoms with Gasteiger partial charge in [0.2, 0.25) is 0 Å². The molecule has 2 aromatic carbocycles. The second-order valence-corrected chi connectivity index (χ2v) is 5.98. The summed E-state index contributed by atoms with van der Waals surface area (Å²) >= 11 is 5.19. The molecule has 0 fully saturated rings. The van der Waals surface area contributed by atoms with E-state index in [0.717, 1.165) is 4.47 Å². The third-order valence-electron chi connectivity index (χ3n) is 2.46. The maximum absolute atomic E-state index is 5.82. The molecule has 0 saturated carbocycles. The molecular formula is C14H14BrNS. The standard InChI is InChI=1S/C14H14BrNS/c1-10(16)11-2-6-13(7-3-11)17-14-8-4-12(15)5-9-14/h2-10H,16H2,1H3. The van der Waals surface area contributed by atoms with Crippen LogP contribution in [0, 0.1) is 0 Å². The smallest absolute Gasteiger partial charge is 0.0266 e. The van der Waals surface area contributed by atoms with Crippen molar-refractivity contribution < 1.29 is 0 Å². The van der Waals surface area contributed by atoms with Crippen molar-refractivity contribution in [2.24, 2.45) is 5.73 Å². The maximum Gasteiger partial charge on any atom is 0.0266 e. The van der Waals surface area contributed by atoms with Gasteiger partial charge in [0.1, 0.15) is 0 Å². The highest BCUT2D eigenvalue weighted by atomic mass is 79.9. The molecule has 0 saturated heterocycles. The largest absolute Gasteiger partial charge is 0.324 e. The van der Waals surface area contributed by atoms with E-state index < -0.39 is 0 Å². The van der Waals surface area contributed by atoms with E-state index >= 15 is 0 Å². The van der Waals surface area contributed by atoms with Gasteiger partial charge in [0.15, 0.2) is 0 Å². The first-order valence-electron chi connectivity index (χ1n) is 5.44. The number of benzene rings is 2. The van der Waals surface area contributed by atoms with Crippen molar-refractivity contribution in [2.45, 2.75) is 22.8 Å². The highest BCUT2D eigenvalue weighted by Gasteiger charge is 2.00. The van der Waals surface area contributed by atoms with Crippen LogP contribution in [0.2, 0.25) is 0 Å². The Morgan fingerprint density at radius 1 is 0.941 bits per heavy atom. The molecule has 0 aliphatic rings. The van der Waals surface area contributed by atoms with Gasteiger partial charge in [-0.15, -0.1) is 0 Å². The summed E-state index contributed by atoms with van der Waals surface area (Å²) in [5.74, 6) is 0. The summed E-state index contributed by atoms with van der Waals surface area (Å²) < 4.78 is 1.11. The van der Waals surface area contributed by atoms with Gasteiger partial charge in [0.05, 0.1) is 0 Å². The topological polar surface area (TPSA) is 26.0 Å². The van der Waals surface area contributed by atoms with E-state index in [1.54, 1.807) is 11.8 Å². The van der Waals surface area contributed by atoms with Crippen LogP contribution in [0.3, 0.4) is 0 Å². The summed E-state index contributed by atoms with van der Waals surface area (Å²) in [5.41, 5.74) is 6.99. The fourth-order valence-corrected chi connectivity index (χ4v) is 2.56. The van der Waals surface area contributed by atoms with Crippen LogP contribution in [0.1, 0.15) is 18.5 Å². The molecule has 0 aromatic heterocycles. The number of nitrogens with two attached hydrogens (primary N) is 1. The van der Waals surface area contributed by atoms with E-state index in [4.69, 9.17) is 5.73 Å². The second kappa shape index (κ2) is 5.71. The van der Waals surface area contributed by atoms with Gasteiger partial charge < -0.3 is 5.73 Å². The van der Waals surface area contributed by atoms with Gasteiger partial charge in [0, 0.05) is 20.3 Å². The number of halogens is 1. The van der Waals surface area contributed by atoms with Gasteiger partial charge in [-0.2, -0.15) is 0 Å². The highest BCUT2D eigenvalue weighted by molar-refractivity contribution is 9.10. The van der Waals surface area contributed by atoms with Crippen molar-refractivity contribution in [3.05, 3.63) is 58.6 Å². The maximum atomic E-state index is 5.82. The van der Waals surface area contributed by atoms with Crippen LogP contribution < -0.4 is 5.73 Å². The number of hydrogen-bond donors (Lipinski definition) is 1. The Hall–Kier alpha value is -0.770. The molecule has 1 unspecified atom stereocenters. The van der Waals surface area contributed by atoms with E-state index in [9.17, 15) is 0 Å². The Balaban J connectivity index is 2.11. The van der Waals surface area contributed by atoms with Crippen molar-refractivity contribution in [3.63, 3.8) is 0 Å². The lowest BCUT2D eigenvalue weighted by Crippen LogP contribution is -2.04. The van der Waals surface area contributed by atoms with Crippen LogP contribution >= 0.6 is 27.7 Å². The summed E-state index contributed by atoms with van der Waals surface area (Å²) in [7, 11) is 0. The van der Waals surface area contributed by atoms with Gasteiger partial charge in [-0.1, -0.05) is 39.8 Å². The Morgan fingerprint density at radius 3 is 1.88 bits per heavy atom. The molecule has 17 heavy (non-hydrogen) atoms. The molecule has 2 rings (SSSR count). The summed E-state index contributed by atoms with van der Waals surface area (Å²) in [5, 5.41) is 0. The van der Waals surface area contributed by atoms with Gasteiger partial charge in [-0.3, -0.25) is 0 Å². The molecule has 0 amide bonds. The molecule has 0 heterocycles. The minimum Gasteiger partial charge on any atom is -0.324 e. The van der Waals surface area contributed by atoms with E-state index in [0.29, 0.717) is 0 Å². The zero-order valence-corrected chi connectivity index (χ0v) is 12.0. The highest BCUT2D eigenvalue weighted by Crippen LogP contribution is 2.29. The van der Waals surface area contributed by atoms with Crippen molar-refractivity contribution in [1.29, 1.82) is 0 Å². The lowest BCUT2D eigenvalue weighted by Gasteiger charge is -2.06. The first kappa shape index (κ1) is 12.7. The molecule has 88 valence electrons. The fraction of sp³-hybridized carbons (Fsp3) is 0.143. The lowest BCUT2D eigenvalue weighted by molar-refractivity contribution is 0.817. The third-order valence-corrected chi connectivity index (χ3v) is 4.00. The van der Waals surface area contributed by atoms with E-state index in [1.165, 1.54) is 15.4 Å². The Kier molecular flexibility index (Phi) is 4.26. The summed E-state index contributed by atoms with van der Waals surface area (Å²) in [4.78, 5) is 2.47. The quantitative estimate of drug-likeness (QED) is 0.895. The van der Waals surface area contributed by atoms with Crippen LogP contribution in [0.25, 0.3) is 0 Å². The van der Waals surface area contributed by atoms with Crippen LogP contribution in [-0.2, 0) is 0 Å². The zero-order chi connectivity index (χ0) is 12.3. The Morgan fingerprint density at radius 2 is 1.41 bits per heavy atom. The average molecular weight is 308 g/mol. The monoisotopic (exact) mass is 307 g/mol. The number of hydrogen-bond acceptors (Lipinski definition) is 2. The predicted molar refractivity (Wildman–Crippen MR) is 77.3 cm³/mol. The minimum atomic E-state index is 0.0988. The number of rotatable bonds is 3. The first-order chi connectivity index (χ1) is 8.15. The molecule has 1 nitrogen and oxygen atoms in total. The van der Waals surface area contributed by atoms with Gasteiger partial charge in [-0.05, 0) is 48.9 Å². The fourth-order valence-electron chi connectivity index (χ4n) is 1.48. The second-order valence-electron chi connectivity index (χ2n) is 3.91. The normalized spacial score (nSPS) is 12.4. The Labute approximate surface area is 115 Å².